The van der Waals surface area contributed by atoms with Crippen LogP contribution < -0.4 is 19.7 Å². The van der Waals surface area contributed by atoms with Crippen LogP contribution in [0.2, 0.25) is 18.6 Å². The van der Waals surface area contributed by atoms with Gasteiger partial charge >= 0.3 is 6.09 Å². The van der Waals surface area contributed by atoms with E-state index in [9.17, 15) is 24.8 Å². The summed E-state index contributed by atoms with van der Waals surface area (Å²) in [7, 11) is -1.06. The van der Waals surface area contributed by atoms with Crippen LogP contribution in [0, 0.1) is 16.0 Å². The maximum Gasteiger partial charge on any atom is 0.414 e. The Morgan fingerprint density at radius 2 is 1.75 bits per heavy atom. The van der Waals surface area contributed by atoms with Crippen LogP contribution >= 0.6 is 0 Å². The summed E-state index contributed by atoms with van der Waals surface area (Å²) in [4.78, 5) is 58.5. The summed E-state index contributed by atoms with van der Waals surface area (Å²) >= 11 is 0. The average molecular weight is 779 g/mol. The van der Waals surface area contributed by atoms with Crippen LogP contribution in [0.3, 0.4) is 0 Å². The highest BCUT2D eigenvalue weighted by Crippen LogP contribution is 2.60. The van der Waals surface area contributed by atoms with Crippen LogP contribution in [0.5, 0.6) is 5.75 Å². The van der Waals surface area contributed by atoms with E-state index in [1.54, 1.807) is 29.0 Å². The Morgan fingerprint density at radius 3 is 2.41 bits per heavy atom. The zero-order chi connectivity index (χ0) is 39.8. The molecule has 13 nitrogen and oxygen atoms in total. The summed E-state index contributed by atoms with van der Waals surface area (Å²) < 4.78 is 17.7. The number of non-ortho nitro benzene ring substituents is 1. The molecule has 0 unspecified atom stereocenters. The topological polar surface area (TPSA) is 152 Å². The molecule has 3 heterocycles. The van der Waals surface area contributed by atoms with Crippen molar-refractivity contribution in [1.29, 1.82) is 0 Å². The molecule has 3 aliphatic rings. The highest BCUT2D eigenvalue weighted by molar-refractivity contribution is 6.91. The van der Waals surface area contributed by atoms with Crippen molar-refractivity contribution in [2.75, 3.05) is 43.2 Å². The van der Waals surface area contributed by atoms with E-state index in [2.05, 4.69) is 13.1 Å². The minimum atomic E-state index is -2.66. The van der Waals surface area contributed by atoms with Crippen molar-refractivity contribution in [3.63, 3.8) is 0 Å². The molecule has 0 bridgehead atoms. The van der Waals surface area contributed by atoms with Gasteiger partial charge in [0.15, 0.2) is 5.60 Å². The van der Waals surface area contributed by atoms with E-state index in [-0.39, 0.29) is 62.3 Å². The number of ether oxygens (including phenoxy) is 3. The van der Waals surface area contributed by atoms with Gasteiger partial charge in [-0.25, -0.2) is 4.79 Å². The fourth-order valence-corrected chi connectivity index (χ4v) is 12.9. The van der Waals surface area contributed by atoms with E-state index in [1.807, 2.05) is 79.7 Å². The number of aliphatic hydroxyl groups excluding tert-OH is 1. The lowest BCUT2D eigenvalue weighted by Crippen LogP contribution is -2.52. The molecule has 4 aromatic carbocycles. The van der Waals surface area contributed by atoms with Crippen molar-refractivity contribution in [3.05, 3.63) is 124 Å². The summed E-state index contributed by atoms with van der Waals surface area (Å²) in [5.41, 5.74) is 1.01. The molecule has 2 fully saturated rings. The highest BCUT2D eigenvalue weighted by Gasteiger charge is 2.66. The molecule has 1 spiro atoms. The number of fused-ring (bicyclic) bond motifs is 2. The quantitative estimate of drug-likeness (QED) is 0.102. The van der Waals surface area contributed by atoms with E-state index >= 15 is 4.79 Å². The number of carbonyl (C=O) groups is 3. The molecule has 0 aliphatic carbocycles. The number of rotatable bonds is 13. The first kappa shape index (κ1) is 38.7. The van der Waals surface area contributed by atoms with Gasteiger partial charge in [-0.05, 0) is 47.0 Å². The molecule has 0 aromatic heterocycles. The third-order valence-electron chi connectivity index (χ3n) is 11.7. The maximum absolute atomic E-state index is 15.3. The van der Waals surface area contributed by atoms with Crippen molar-refractivity contribution in [3.8, 4) is 5.75 Å². The van der Waals surface area contributed by atoms with Gasteiger partial charge in [0.05, 0.1) is 58.0 Å². The van der Waals surface area contributed by atoms with Gasteiger partial charge in [-0.3, -0.25) is 24.6 Å². The van der Waals surface area contributed by atoms with Crippen LogP contribution in [0.15, 0.2) is 97.1 Å². The largest absolute Gasteiger partial charge is 0.497 e. The lowest BCUT2D eigenvalue weighted by molar-refractivity contribution is -0.385. The molecule has 2 saturated heterocycles. The van der Waals surface area contributed by atoms with Gasteiger partial charge in [-0.15, -0.1) is 0 Å². The summed E-state index contributed by atoms with van der Waals surface area (Å²) in [6.07, 6.45) is -1.26. The maximum atomic E-state index is 15.3. The highest BCUT2D eigenvalue weighted by atomic mass is 28.3. The van der Waals surface area contributed by atoms with Crippen LogP contribution in [0.4, 0.5) is 21.9 Å². The molecule has 56 heavy (non-hydrogen) atoms. The van der Waals surface area contributed by atoms with Crippen molar-refractivity contribution < 1.29 is 38.6 Å². The second kappa shape index (κ2) is 15.5. The van der Waals surface area contributed by atoms with Crippen molar-refractivity contribution >= 4 is 48.2 Å². The number of nitrogens with zero attached hydrogens (tertiary/aromatic N) is 4. The van der Waals surface area contributed by atoms with Gasteiger partial charge < -0.3 is 29.1 Å². The number of benzene rings is 4. The van der Waals surface area contributed by atoms with Crippen LogP contribution in [0.1, 0.15) is 30.0 Å². The van der Waals surface area contributed by atoms with E-state index < -0.39 is 36.7 Å². The van der Waals surface area contributed by atoms with Crippen LogP contribution in [0.25, 0.3) is 0 Å². The molecule has 0 radical (unpaired) electrons. The number of hydrogen-bond acceptors (Lipinski definition) is 9. The van der Waals surface area contributed by atoms with Crippen LogP contribution in [-0.4, -0.2) is 80.4 Å². The molecule has 7 rings (SSSR count). The second-order valence-electron chi connectivity index (χ2n) is 15.2. The number of carbonyl (C=O) groups excluding carboxylic acids is 3. The summed E-state index contributed by atoms with van der Waals surface area (Å²) in [6.45, 7) is 7.32. The smallest absolute Gasteiger partial charge is 0.414 e. The zero-order valence-electron chi connectivity index (χ0n) is 31.9. The predicted octanol–water partition coefficient (Wildman–Crippen LogP) is 5.73. The molecule has 1 N–H and O–H groups in total. The number of hydrogen-bond donors (Lipinski definition) is 1. The van der Waals surface area contributed by atoms with Gasteiger partial charge in [0.25, 0.3) is 11.6 Å². The number of amides is 3. The van der Waals surface area contributed by atoms with Gasteiger partial charge in [0.1, 0.15) is 12.4 Å². The SMILES string of the molecule is COc1ccc([Si](C)(C)[C@@H]2[C@@H](CC(=O)N(CCO)Cc3ccccc3)O[C@]3(C(=O)N(Cc4cccc(N5CCOC5=O)c4)c4ccc([N+](=O)[O-])cc43)[C@H]2C)cc1. The van der Waals surface area contributed by atoms with Crippen molar-refractivity contribution in [2.45, 2.75) is 56.8 Å². The molecule has 3 aliphatic heterocycles. The third-order valence-corrected chi connectivity index (χ3v) is 16.0. The minimum absolute atomic E-state index is 0.0678. The number of methoxy groups -OCH3 is 1. The van der Waals surface area contributed by atoms with Gasteiger partial charge in [0, 0.05) is 42.4 Å². The first-order valence-corrected chi connectivity index (χ1v) is 21.9. The summed E-state index contributed by atoms with van der Waals surface area (Å²) in [5.74, 6) is -0.428. The Kier molecular flexibility index (Phi) is 10.7. The molecule has 292 valence electrons. The normalized spacial score (nSPS) is 21.7. The third kappa shape index (κ3) is 6.92. The number of nitro benzene ring substituents is 1. The Morgan fingerprint density at radius 1 is 1.02 bits per heavy atom. The van der Waals surface area contributed by atoms with E-state index in [1.165, 1.54) is 17.0 Å². The Balaban J connectivity index is 1.31. The summed E-state index contributed by atoms with van der Waals surface area (Å²) in [5, 5.41) is 23.3. The monoisotopic (exact) mass is 778 g/mol. The Labute approximate surface area is 326 Å². The first-order valence-electron chi connectivity index (χ1n) is 18.8. The number of anilines is 2. The molecule has 4 atom stereocenters. The summed E-state index contributed by atoms with van der Waals surface area (Å²) in [6, 6.07) is 29.1. The second-order valence-corrected chi connectivity index (χ2v) is 19.9. The lowest BCUT2D eigenvalue weighted by Gasteiger charge is -2.37. The van der Waals surface area contributed by atoms with E-state index in [0.717, 1.165) is 16.3 Å². The molecule has 14 heteroatoms. The zero-order valence-corrected chi connectivity index (χ0v) is 32.9. The molecule has 4 aromatic rings. The van der Waals surface area contributed by atoms with Gasteiger partial charge in [0.2, 0.25) is 5.91 Å². The van der Waals surface area contributed by atoms with Crippen LogP contribution in [-0.2, 0) is 37.8 Å². The van der Waals surface area contributed by atoms with Crippen molar-refractivity contribution in [2.24, 2.45) is 5.92 Å². The minimum Gasteiger partial charge on any atom is -0.497 e. The predicted molar refractivity (Wildman–Crippen MR) is 213 cm³/mol. The van der Waals surface area contributed by atoms with E-state index in [4.69, 9.17) is 14.2 Å². The van der Waals surface area contributed by atoms with E-state index in [0.29, 0.717) is 29.2 Å². The Bertz CT molecular complexity index is 2130. The fourth-order valence-electron chi connectivity index (χ4n) is 8.92. The number of cyclic esters (lactones) is 1. The molecular formula is C42H46N4O9Si. The fraction of sp³-hybridized carbons (Fsp3) is 0.357. The standard InChI is InChI=1S/C42H46N4O9Si/c1-28-39(56(3,4)34-16-14-33(53-2)15-17-34)37(25-38(48)43(19-21-47)26-29-9-6-5-7-10-29)55-42(28)35-24-32(46(51)52)13-18-36(35)45(40(42)49)27-30-11-8-12-31(23-30)44-20-22-54-41(44)50/h5-18,23-24,28,37,39,47H,19-22,25-27H2,1-4H3/t28-,37+,39-,42+/m0/s1. The number of nitro groups is 1. The molecule has 0 saturated carbocycles. The lowest BCUT2D eigenvalue weighted by atomic mass is 9.82. The number of aliphatic hydroxyl groups is 1. The first-order chi connectivity index (χ1) is 26.9. The Hall–Kier alpha value is -5.57. The molecular weight excluding hydrogens is 733 g/mol. The van der Waals surface area contributed by atoms with Gasteiger partial charge in [-0.1, -0.05) is 79.8 Å². The van der Waals surface area contributed by atoms with Gasteiger partial charge in [-0.2, -0.15) is 0 Å². The van der Waals surface area contributed by atoms with Crippen molar-refractivity contribution in [1.82, 2.24) is 4.90 Å². The average Bonchev–Trinajstić information content (AvgIpc) is 3.83. The molecule has 3 amide bonds.